The lowest BCUT2D eigenvalue weighted by Crippen LogP contribution is -2.05. The minimum atomic E-state index is 0.420. The molecule has 0 amide bonds. The average Bonchev–Trinajstić information content (AvgIpc) is 2.17. The Morgan fingerprint density at radius 2 is 2.29 bits per heavy atom. The summed E-state index contributed by atoms with van der Waals surface area (Å²) in [6.45, 7) is 4.67. The lowest BCUT2D eigenvalue weighted by Gasteiger charge is -2.09. The van der Waals surface area contributed by atoms with E-state index in [0.29, 0.717) is 17.1 Å². The van der Waals surface area contributed by atoms with Crippen molar-refractivity contribution in [1.82, 2.24) is 4.98 Å². The Kier molecular flexibility index (Phi) is 3.89. The molecule has 0 atom stereocenters. The molecule has 4 heteroatoms. The summed E-state index contributed by atoms with van der Waals surface area (Å²) in [6, 6.07) is 1.67. The van der Waals surface area contributed by atoms with Gasteiger partial charge < -0.3 is 5.32 Å². The predicted octanol–water partition coefficient (Wildman–Crippen LogP) is 2.54. The first-order valence-electron chi connectivity index (χ1n) is 4.61. The molecule has 0 aromatic carbocycles. The van der Waals surface area contributed by atoms with Crippen LogP contribution in [0.3, 0.4) is 0 Å². The molecule has 1 aromatic heterocycles. The van der Waals surface area contributed by atoms with E-state index in [-0.39, 0.29) is 0 Å². The summed E-state index contributed by atoms with van der Waals surface area (Å²) in [6.07, 6.45) is 1.52. The number of nitrogens with zero attached hydrogens (tertiary/aromatic N) is 1. The maximum absolute atomic E-state index is 10.9. The Labute approximate surface area is 88.5 Å². The van der Waals surface area contributed by atoms with Crippen LogP contribution in [0.15, 0.2) is 6.07 Å². The number of nitrogens with one attached hydrogen (secondary N) is 1. The molecule has 76 valence electrons. The molecule has 0 aliphatic heterocycles. The molecule has 0 unspecified atom stereocenters. The monoisotopic (exact) mass is 212 g/mol. The Hall–Kier alpha value is -1.09. The van der Waals surface area contributed by atoms with E-state index in [0.717, 1.165) is 24.2 Å². The maximum atomic E-state index is 10.9. The van der Waals surface area contributed by atoms with Gasteiger partial charge in [0.05, 0.1) is 11.3 Å². The first-order valence-corrected chi connectivity index (χ1v) is 4.99. The third kappa shape index (κ3) is 2.23. The van der Waals surface area contributed by atoms with Gasteiger partial charge in [-0.2, -0.15) is 0 Å². The van der Waals surface area contributed by atoms with Crippen molar-refractivity contribution in [2.24, 2.45) is 0 Å². The van der Waals surface area contributed by atoms with Crippen molar-refractivity contribution >= 4 is 23.6 Å². The minimum Gasteiger partial charge on any atom is -0.385 e. The number of carbonyl (C=O) groups excluding carboxylic acids is 1. The quantitative estimate of drug-likeness (QED) is 0.616. The fourth-order valence-electron chi connectivity index (χ4n) is 1.31. The van der Waals surface area contributed by atoms with Crippen LogP contribution in [0.2, 0.25) is 5.15 Å². The number of aryl methyl sites for hydroxylation is 1. The zero-order valence-corrected chi connectivity index (χ0v) is 9.06. The number of rotatable bonds is 4. The first kappa shape index (κ1) is 11.0. The third-order valence-corrected chi connectivity index (χ3v) is 2.12. The van der Waals surface area contributed by atoms with Crippen LogP contribution >= 0.6 is 11.6 Å². The minimum absolute atomic E-state index is 0.420. The molecule has 0 saturated heterocycles. The summed E-state index contributed by atoms with van der Waals surface area (Å²) < 4.78 is 0. The van der Waals surface area contributed by atoms with E-state index in [1.165, 1.54) is 0 Å². The number of hydrogen-bond acceptors (Lipinski definition) is 3. The van der Waals surface area contributed by atoms with Gasteiger partial charge in [-0.3, -0.25) is 4.79 Å². The highest BCUT2D eigenvalue weighted by Crippen LogP contribution is 2.21. The number of hydrogen-bond donors (Lipinski definition) is 1. The molecule has 1 aromatic rings. The van der Waals surface area contributed by atoms with Crippen LogP contribution in [0.5, 0.6) is 0 Å². The number of aldehydes is 1. The molecule has 1 N–H and O–H groups in total. The molecule has 3 nitrogen and oxygen atoms in total. The van der Waals surface area contributed by atoms with E-state index in [2.05, 4.69) is 10.3 Å². The molecule has 0 aliphatic rings. The molecule has 0 saturated carbocycles. The highest BCUT2D eigenvalue weighted by molar-refractivity contribution is 6.29. The third-order valence-electron chi connectivity index (χ3n) is 1.93. The normalized spacial score (nSPS) is 9.93. The zero-order chi connectivity index (χ0) is 10.6. The van der Waals surface area contributed by atoms with Gasteiger partial charge in [0.2, 0.25) is 0 Å². The van der Waals surface area contributed by atoms with E-state index in [1.807, 2.05) is 13.8 Å². The van der Waals surface area contributed by atoms with Gasteiger partial charge in [0.15, 0.2) is 6.29 Å². The molecule has 0 bridgehead atoms. The van der Waals surface area contributed by atoms with E-state index in [9.17, 15) is 4.79 Å². The average molecular weight is 213 g/mol. The highest BCUT2D eigenvalue weighted by atomic mass is 35.5. The van der Waals surface area contributed by atoms with E-state index >= 15 is 0 Å². The van der Waals surface area contributed by atoms with Gasteiger partial charge in [-0.25, -0.2) is 4.98 Å². The van der Waals surface area contributed by atoms with Crippen molar-refractivity contribution in [3.05, 3.63) is 22.5 Å². The fraction of sp³-hybridized carbons (Fsp3) is 0.400. The maximum Gasteiger partial charge on any atom is 0.153 e. The molecule has 1 rings (SSSR count). The molecule has 0 aliphatic carbocycles. The smallest absolute Gasteiger partial charge is 0.153 e. The fourth-order valence-corrected chi connectivity index (χ4v) is 1.52. The Morgan fingerprint density at radius 3 is 2.79 bits per heavy atom. The number of carbonyl (C=O) groups is 1. The standard InChI is InChI=1S/C10H13ClN2O/c1-3-8-7(6-14)9(12-4-2)5-10(11)13-8/h5-6H,3-4H2,1-2H3,(H,12,13). The Balaban J connectivity index is 3.24. The van der Waals surface area contributed by atoms with Gasteiger partial charge in [-0.1, -0.05) is 18.5 Å². The van der Waals surface area contributed by atoms with Gasteiger partial charge >= 0.3 is 0 Å². The lowest BCUT2D eigenvalue weighted by atomic mass is 10.1. The van der Waals surface area contributed by atoms with Crippen LogP contribution in [0.25, 0.3) is 0 Å². The van der Waals surface area contributed by atoms with Crippen molar-refractivity contribution < 1.29 is 4.79 Å². The molecule has 0 spiro atoms. The van der Waals surface area contributed by atoms with Gasteiger partial charge in [0.25, 0.3) is 0 Å². The zero-order valence-electron chi connectivity index (χ0n) is 8.30. The van der Waals surface area contributed by atoms with Gasteiger partial charge in [-0.15, -0.1) is 0 Å². The van der Waals surface area contributed by atoms with Crippen molar-refractivity contribution in [1.29, 1.82) is 0 Å². The van der Waals surface area contributed by atoms with Crippen LogP contribution < -0.4 is 5.32 Å². The SMILES string of the molecule is CCNc1cc(Cl)nc(CC)c1C=O. The van der Waals surface area contributed by atoms with Crippen LogP contribution in [0.4, 0.5) is 5.69 Å². The second-order valence-electron chi connectivity index (χ2n) is 2.85. The number of aromatic nitrogens is 1. The Bertz CT molecular complexity index is 339. The van der Waals surface area contributed by atoms with Crippen molar-refractivity contribution in [3.8, 4) is 0 Å². The topological polar surface area (TPSA) is 42.0 Å². The summed E-state index contributed by atoms with van der Waals surface area (Å²) >= 11 is 5.83. The predicted molar refractivity (Wildman–Crippen MR) is 58.2 cm³/mol. The first-order chi connectivity index (χ1) is 6.72. The van der Waals surface area contributed by atoms with Gasteiger partial charge in [0.1, 0.15) is 5.15 Å². The van der Waals surface area contributed by atoms with E-state index in [4.69, 9.17) is 11.6 Å². The lowest BCUT2D eigenvalue weighted by molar-refractivity contribution is 0.112. The van der Waals surface area contributed by atoms with Crippen LogP contribution in [-0.2, 0) is 6.42 Å². The summed E-state index contributed by atoms with van der Waals surface area (Å²) in [4.78, 5) is 15.0. The molecule has 14 heavy (non-hydrogen) atoms. The van der Waals surface area contributed by atoms with Crippen molar-refractivity contribution in [2.45, 2.75) is 20.3 Å². The largest absolute Gasteiger partial charge is 0.385 e. The van der Waals surface area contributed by atoms with E-state index < -0.39 is 0 Å². The summed E-state index contributed by atoms with van der Waals surface area (Å²) in [5.74, 6) is 0. The highest BCUT2D eigenvalue weighted by Gasteiger charge is 2.09. The molecule has 0 radical (unpaired) electrons. The van der Waals surface area contributed by atoms with Crippen LogP contribution in [0.1, 0.15) is 29.9 Å². The second-order valence-corrected chi connectivity index (χ2v) is 3.24. The molecular formula is C10H13ClN2O. The second kappa shape index (κ2) is 4.96. The molecular weight excluding hydrogens is 200 g/mol. The van der Waals surface area contributed by atoms with Crippen LogP contribution in [-0.4, -0.2) is 17.8 Å². The molecule has 1 heterocycles. The number of anilines is 1. The van der Waals surface area contributed by atoms with Gasteiger partial charge in [0, 0.05) is 12.2 Å². The number of halogens is 1. The summed E-state index contributed by atoms with van der Waals surface area (Å²) in [7, 11) is 0. The van der Waals surface area contributed by atoms with Crippen LogP contribution in [0, 0.1) is 0 Å². The Morgan fingerprint density at radius 1 is 1.57 bits per heavy atom. The summed E-state index contributed by atoms with van der Waals surface area (Å²) in [5.41, 5.74) is 2.11. The van der Waals surface area contributed by atoms with Crippen molar-refractivity contribution in [2.75, 3.05) is 11.9 Å². The van der Waals surface area contributed by atoms with Gasteiger partial charge in [-0.05, 0) is 19.4 Å². The number of pyridine rings is 1. The van der Waals surface area contributed by atoms with E-state index in [1.54, 1.807) is 6.07 Å². The summed E-state index contributed by atoms with van der Waals surface area (Å²) in [5, 5.41) is 3.51. The van der Waals surface area contributed by atoms with Crippen molar-refractivity contribution in [3.63, 3.8) is 0 Å². The molecule has 0 fully saturated rings.